The van der Waals surface area contributed by atoms with Gasteiger partial charge in [-0.15, -0.1) is 0 Å². The molecule has 0 fully saturated rings. The zero-order valence-electron chi connectivity index (χ0n) is 11.5. The Bertz CT molecular complexity index is 377. The molecule has 1 aromatic carbocycles. The number of carboxylic acids is 1. The number of hydrogen-bond donors (Lipinski definition) is 1. The van der Waals surface area contributed by atoms with Crippen LogP contribution in [0.15, 0.2) is 30.3 Å². The molecule has 1 atom stereocenters. The van der Waals surface area contributed by atoms with E-state index < -0.39 is 11.4 Å². The summed E-state index contributed by atoms with van der Waals surface area (Å²) in [4.78, 5) is 13.3. The van der Waals surface area contributed by atoms with E-state index in [0.717, 1.165) is 13.0 Å². The van der Waals surface area contributed by atoms with Crippen LogP contribution in [0.1, 0.15) is 25.8 Å². The first-order valence-corrected chi connectivity index (χ1v) is 6.44. The first-order chi connectivity index (χ1) is 8.48. The van der Waals surface area contributed by atoms with Crippen LogP contribution in [-0.2, 0) is 11.2 Å². The number of carboxylic acid groups (broad SMARTS) is 1. The van der Waals surface area contributed by atoms with Gasteiger partial charge in [0.15, 0.2) is 0 Å². The van der Waals surface area contributed by atoms with Crippen LogP contribution in [0.25, 0.3) is 0 Å². The van der Waals surface area contributed by atoms with Gasteiger partial charge in [0, 0.05) is 13.1 Å². The summed E-state index contributed by atoms with van der Waals surface area (Å²) in [5.41, 5.74) is 0.642. The van der Waals surface area contributed by atoms with Gasteiger partial charge in [0.25, 0.3) is 0 Å². The lowest BCUT2D eigenvalue weighted by molar-refractivity contribution is -0.149. The Balaban J connectivity index is 2.47. The van der Waals surface area contributed by atoms with Crippen molar-refractivity contribution in [3.8, 4) is 0 Å². The largest absolute Gasteiger partial charge is 0.481 e. The molecule has 0 aliphatic carbocycles. The molecule has 0 aliphatic rings. The number of carbonyl (C=O) groups is 1. The zero-order chi connectivity index (χ0) is 13.6. The van der Waals surface area contributed by atoms with E-state index in [1.807, 2.05) is 39.1 Å². The topological polar surface area (TPSA) is 40.5 Å². The molecule has 0 saturated carbocycles. The Kier molecular flexibility index (Phi) is 5.35. The highest BCUT2D eigenvalue weighted by Crippen LogP contribution is 2.22. The van der Waals surface area contributed by atoms with Crippen LogP contribution in [0.3, 0.4) is 0 Å². The molecule has 3 heteroatoms. The van der Waals surface area contributed by atoms with Gasteiger partial charge < -0.3 is 10.0 Å². The summed E-state index contributed by atoms with van der Waals surface area (Å²) in [7, 11) is 1.99. The fourth-order valence-corrected chi connectivity index (χ4v) is 1.97. The van der Waals surface area contributed by atoms with Crippen LogP contribution in [0.2, 0.25) is 0 Å². The Morgan fingerprint density at radius 1 is 1.33 bits per heavy atom. The predicted molar refractivity (Wildman–Crippen MR) is 73.7 cm³/mol. The molecule has 0 amide bonds. The maximum Gasteiger partial charge on any atom is 0.310 e. The minimum absolute atomic E-state index is 0.589. The molecule has 1 aromatic rings. The van der Waals surface area contributed by atoms with Crippen LogP contribution >= 0.6 is 0 Å². The molecule has 0 spiro atoms. The molecule has 100 valence electrons. The van der Waals surface area contributed by atoms with Gasteiger partial charge in [-0.1, -0.05) is 37.3 Å². The Hall–Kier alpha value is -1.35. The minimum atomic E-state index is -0.712. The van der Waals surface area contributed by atoms with Gasteiger partial charge in [0.1, 0.15) is 0 Å². The van der Waals surface area contributed by atoms with Crippen LogP contribution in [-0.4, -0.2) is 36.1 Å². The van der Waals surface area contributed by atoms with Gasteiger partial charge in [0.2, 0.25) is 0 Å². The van der Waals surface area contributed by atoms with Gasteiger partial charge in [-0.25, -0.2) is 0 Å². The molecule has 0 radical (unpaired) electrons. The maximum absolute atomic E-state index is 11.2. The highest BCUT2D eigenvalue weighted by Gasteiger charge is 2.32. The van der Waals surface area contributed by atoms with E-state index in [9.17, 15) is 9.90 Å². The molecule has 0 aliphatic heterocycles. The zero-order valence-corrected chi connectivity index (χ0v) is 11.5. The van der Waals surface area contributed by atoms with Crippen molar-refractivity contribution in [2.75, 3.05) is 20.1 Å². The second-order valence-corrected chi connectivity index (χ2v) is 5.19. The van der Waals surface area contributed by atoms with Gasteiger partial charge >= 0.3 is 5.97 Å². The van der Waals surface area contributed by atoms with Crippen molar-refractivity contribution in [3.05, 3.63) is 35.9 Å². The van der Waals surface area contributed by atoms with E-state index >= 15 is 0 Å². The predicted octanol–water partition coefficient (Wildman–Crippen LogP) is 2.66. The molecule has 0 saturated heterocycles. The number of likely N-dealkylation sites (N-methyl/N-ethyl adjacent to an activating group) is 1. The summed E-state index contributed by atoms with van der Waals surface area (Å²) in [5, 5.41) is 9.24. The van der Waals surface area contributed by atoms with E-state index in [4.69, 9.17) is 0 Å². The molecule has 0 bridgehead atoms. The van der Waals surface area contributed by atoms with Crippen LogP contribution in [0.5, 0.6) is 0 Å². The van der Waals surface area contributed by atoms with E-state index in [1.54, 1.807) is 0 Å². The minimum Gasteiger partial charge on any atom is -0.481 e. The van der Waals surface area contributed by atoms with Crippen molar-refractivity contribution in [3.63, 3.8) is 0 Å². The van der Waals surface area contributed by atoms with E-state index in [-0.39, 0.29) is 0 Å². The molecule has 0 heterocycles. The lowest BCUT2D eigenvalue weighted by atomic mass is 9.87. The van der Waals surface area contributed by atoms with Crippen molar-refractivity contribution in [1.29, 1.82) is 0 Å². The number of rotatable bonds is 7. The number of nitrogens with zero attached hydrogens (tertiary/aromatic N) is 1. The molecular weight excluding hydrogens is 226 g/mol. The van der Waals surface area contributed by atoms with Gasteiger partial charge in [-0.3, -0.25) is 4.79 Å². The number of aliphatic carboxylic acids is 1. The molecule has 0 aromatic heterocycles. The first kappa shape index (κ1) is 14.7. The molecule has 18 heavy (non-hydrogen) atoms. The van der Waals surface area contributed by atoms with Crippen LogP contribution in [0.4, 0.5) is 0 Å². The van der Waals surface area contributed by atoms with Crippen molar-refractivity contribution in [2.45, 2.75) is 26.7 Å². The molecule has 3 nitrogen and oxygen atoms in total. The van der Waals surface area contributed by atoms with Crippen molar-refractivity contribution in [1.82, 2.24) is 4.90 Å². The smallest absolute Gasteiger partial charge is 0.310 e. The van der Waals surface area contributed by atoms with Gasteiger partial charge in [-0.2, -0.15) is 0 Å². The maximum atomic E-state index is 11.2. The summed E-state index contributed by atoms with van der Waals surface area (Å²) in [6.45, 7) is 5.21. The molecular formula is C15H23NO2. The Labute approximate surface area is 109 Å². The summed E-state index contributed by atoms with van der Waals surface area (Å²) in [6.07, 6.45) is 1.61. The average molecular weight is 249 g/mol. The summed E-state index contributed by atoms with van der Waals surface area (Å²) >= 11 is 0. The molecule has 1 N–H and O–H groups in total. The third kappa shape index (κ3) is 4.15. The average Bonchev–Trinajstić information content (AvgIpc) is 2.37. The number of benzene rings is 1. The van der Waals surface area contributed by atoms with Crippen molar-refractivity contribution >= 4 is 5.97 Å². The van der Waals surface area contributed by atoms with E-state index in [0.29, 0.717) is 13.0 Å². The van der Waals surface area contributed by atoms with E-state index in [2.05, 4.69) is 17.0 Å². The molecule has 1 rings (SSSR count). The standard InChI is InChI=1S/C15H23NO2/c1-4-15(2,14(17)18)12-16(3)11-10-13-8-6-5-7-9-13/h5-9H,4,10-12H2,1-3H3,(H,17,18). The summed E-state index contributed by atoms with van der Waals surface area (Å²) in [5.74, 6) is -0.712. The summed E-state index contributed by atoms with van der Waals surface area (Å²) in [6, 6.07) is 10.3. The Morgan fingerprint density at radius 3 is 2.44 bits per heavy atom. The fraction of sp³-hybridized carbons (Fsp3) is 0.533. The van der Waals surface area contributed by atoms with E-state index in [1.165, 1.54) is 5.56 Å². The lowest BCUT2D eigenvalue weighted by Gasteiger charge is -2.29. The summed E-state index contributed by atoms with van der Waals surface area (Å²) < 4.78 is 0. The van der Waals surface area contributed by atoms with Crippen molar-refractivity contribution in [2.24, 2.45) is 5.41 Å². The fourth-order valence-electron chi connectivity index (χ4n) is 1.97. The monoisotopic (exact) mass is 249 g/mol. The van der Waals surface area contributed by atoms with Crippen LogP contribution < -0.4 is 0 Å². The second-order valence-electron chi connectivity index (χ2n) is 5.19. The van der Waals surface area contributed by atoms with Crippen molar-refractivity contribution < 1.29 is 9.90 Å². The normalized spacial score (nSPS) is 14.4. The third-order valence-electron chi connectivity index (χ3n) is 3.54. The van der Waals surface area contributed by atoms with Crippen LogP contribution in [0, 0.1) is 5.41 Å². The second kappa shape index (κ2) is 6.55. The van der Waals surface area contributed by atoms with Gasteiger partial charge in [-0.05, 0) is 32.4 Å². The lowest BCUT2D eigenvalue weighted by Crippen LogP contribution is -2.39. The first-order valence-electron chi connectivity index (χ1n) is 6.44. The molecule has 1 unspecified atom stereocenters. The number of hydrogen-bond acceptors (Lipinski definition) is 2. The highest BCUT2D eigenvalue weighted by molar-refractivity contribution is 5.74. The Morgan fingerprint density at radius 2 is 1.94 bits per heavy atom. The van der Waals surface area contributed by atoms with Gasteiger partial charge in [0.05, 0.1) is 5.41 Å². The quantitative estimate of drug-likeness (QED) is 0.807. The third-order valence-corrected chi connectivity index (χ3v) is 3.54. The highest BCUT2D eigenvalue weighted by atomic mass is 16.4. The SMILES string of the molecule is CCC(C)(CN(C)CCc1ccccc1)C(=O)O.